The fourth-order valence-corrected chi connectivity index (χ4v) is 4.97. The highest BCUT2D eigenvalue weighted by Crippen LogP contribution is 2.32. The van der Waals surface area contributed by atoms with E-state index in [-0.39, 0.29) is 31.5 Å². The number of amides is 3. The second-order valence-electron chi connectivity index (χ2n) is 8.95. The van der Waals surface area contributed by atoms with Crippen LogP contribution < -0.4 is 15.5 Å². The number of carbonyl (C=O) groups is 3. The van der Waals surface area contributed by atoms with Crippen LogP contribution in [0.15, 0.2) is 36.4 Å². The van der Waals surface area contributed by atoms with Crippen molar-refractivity contribution in [2.24, 2.45) is 5.92 Å². The number of benzene rings is 1. The van der Waals surface area contributed by atoms with Crippen molar-refractivity contribution in [3.05, 3.63) is 45.6 Å². The van der Waals surface area contributed by atoms with Crippen molar-refractivity contribution in [1.29, 1.82) is 0 Å². The van der Waals surface area contributed by atoms with E-state index in [9.17, 15) is 27.6 Å². The number of alkyl halides is 3. The van der Waals surface area contributed by atoms with Crippen LogP contribution in [0.25, 0.3) is 0 Å². The topological polar surface area (TPSA) is 91.0 Å². The molecule has 13 heteroatoms. The van der Waals surface area contributed by atoms with Gasteiger partial charge in [0, 0.05) is 31.0 Å². The highest BCUT2D eigenvalue weighted by Gasteiger charge is 2.39. The van der Waals surface area contributed by atoms with Gasteiger partial charge in [0.25, 0.3) is 11.8 Å². The molecule has 3 amide bonds. The van der Waals surface area contributed by atoms with Crippen LogP contribution >= 0.6 is 22.9 Å². The van der Waals surface area contributed by atoms with E-state index in [0.717, 1.165) is 29.1 Å². The van der Waals surface area contributed by atoms with Crippen LogP contribution in [0.5, 0.6) is 0 Å². The zero-order valence-electron chi connectivity index (χ0n) is 19.7. The van der Waals surface area contributed by atoms with Crippen LogP contribution in [0.3, 0.4) is 0 Å². The van der Waals surface area contributed by atoms with Gasteiger partial charge in [-0.2, -0.15) is 13.2 Å². The van der Waals surface area contributed by atoms with Gasteiger partial charge < -0.3 is 20.3 Å². The monoisotopic (exact) mass is 558 g/mol. The van der Waals surface area contributed by atoms with Crippen molar-refractivity contribution in [2.75, 3.05) is 49.6 Å². The van der Waals surface area contributed by atoms with Crippen molar-refractivity contribution < 1.29 is 32.3 Å². The highest BCUT2D eigenvalue weighted by atomic mass is 35.5. The number of morpholine rings is 1. The molecule has 2 heterocycles. The number of hydrogen-bond acceptors (Lipinski definition) is 6. The van der Waals surface area contributed by atoms with Crippen LogP contribution in [-0.4, -0.2) is 74.2 Å². The smallest absolute Gasteiger partial charge is 0.370 e. The lowest BCUT2D eigenvalue weighted by molar-refractivity contribution is -0.154. The van der Waals surface area contributed by atoms with Crippen molar-refractivity contribution in [2.45, 2.75) is 25.1 Å². The molecule has 1 aliphatic heterocycles. The van der Waals surface area contributed by atoms with E-state index in [0.29, 0.717) is 33.7 Å². The second-order valence-corrected chi connectivity index (χ2v) is 10.7. The first-order valence-electron chi connectivity index (χ1n) is 11.7. The highest BCUT2D eigenvalue weighted by molar-refractivity contribution is 7.18. The lowest BCUT2D eigenvalue weighted by Gasteiger charge is -2.31. The second kappa shape index (κ2) is 11.8. The Morgan fingerprint density at radius 3 is 2.51 bits per heavy atom. The molecule has 1 saturated carbocycles. The molecule has 1 atom stereocenters. The molecule has 1 aromatic carbocycles. The predicted octanol–water partition coefficient (Wildman–Crippen LogP) is 3.78. The Bertz CT molecular complexity index is 1120. The summed E-state index contributed by atoms with van der Waals surface area (Å²) in [5, 5.41) is 5.25. The fraction of sp³-hybridized carbons (Fsp3) is 0.458. The van der Waals surface area contributed by atoms with E-state index in [2.05, 4.69) is 10.6 Å². The lowest BCUT2D eigenvalue weighted by Crippen LogP contribution is -2.54. The zero-order chi connectivity index (χ0) is 26.6. The van der Waals surface area contributed by atoms with Crippen LogP contribution in [0.4, 0.5) is 24.5 Å². The fourth-order valence-electron chi connectivity index (χ4n) is 4.01. The van der Waals surface area contributed by atoms with Crippen molar-refractivity contribution in [1.82, 2.24) is 10.2 Å². The minimum absolute atomic E-state index is 0.0143. The van der Waals surface area contributed by atoms with E-state index in [1.54, 1.807) is 35.2 Å². The summed E-state index contributed by atoms with van der Waals surface area (Å²) in [6.45, 7) is -0.708. The summed E-state index contributed by atoms with van der Waals surface area (Å²) in [6.07, 6.45) is -2.93. The van der Waals surface area contributed by atoms with Gasteiger partial charge in [-0.3, -0.25) is 19.3 Å². The molecular formula is C24H26ClF3N4O4S. The Labute approximate surface area is 220 Å². The number of thiophene rings is 1. The molecule has 1 aromatic heterocycles. The average molecular weight is 559 g/mol. The first-order valence-corrected chi connectivity index (χ1v) is 12.9. The molecule has 2 N–H and O–H groups in total. The Kier molecular flexibility index (Phi) is 8.73. The maximum atomic E-state index is 13.4. The minimum atomic E-state index is -4.52. The molecule has 200 valence electrons. The summed E-state index contributed by atoms with van der Waals surface area (Å²) in [5.74, 6) is -1.30. The third kappa shape index (κ3) is 7.91. The van der Waals surface area contributed by atoms with Crippen LogP contribution in [0.1, 0.15) is 22.5 Å². The molecule has 1 aliphatic carbocycles. The maximum absolute atomic E-state index is 13.4. The number of nitrogens with zero attached hydrogens (tertiary/aromatic N) is 2. The van der Waals surface area contributed by atoms with Crippen molar-refractivity contribution in [3.63, 3.8) is 0 Å². The third-order valence-electron chi connectivity index (χ3n) is 6.00. The van der Waals surface area contributed by atoms with Crippen molar-refractivity contribution >= 4 is 52.0 Å². The Morgan fingerprint density at radius 2 is 1.92 bits per heavy atom. The van der Waals surface area contributed by atoms with Crippen molar-refractivity contribution in [3.8, 4) is 0 Å². The number of ether oxygens (including phenoxy) is 1. The molecule has 1 saturated heterocycles. The molecule has 2 aliphatic rings. The van der Waals surface area contributed by atoms with E-state index in [4.69, 9.17) is 16.3 Å². The number of nitrogens with one attached hydrogen (secondary N) is 2. The van der Waals surface area contributed by atoms with E-state index < -0.39 is 30.6 Å². The van der Waals surface area contributed by atoms with Gasteiger partial charge in [0.2, 0.25) is 5.91 Å². The Balaban J connectivity index is 1.48. The number of carbonyl (C=O) groups excluding carboxylic acids is 3. The number of anilines is 2. The van der Waals surface area contributed by atoms with Crippen LogP contribution in [0, 0.1) is 5.92 Å². The lowest BCUT2D eigenvalue weighted by atomic mass is 10.1. The normalized spacial score (nSPS) is 17.1. The molecule has 2 fully saturated rings. The van der Waals surface area contributed by atoms with E-state index in [1.807, 2.05) is 0 Å². The quantitative estimate of drug-likeness (QED) is 0.463. The average Bonchev–Trinajstić information content (AvgIpc) is 3.55. The molecule has 8 nitrogen and oxygen atoms in total. The summed E-state index contributed by atoms with van der Waals surface area (Å²) >= 11 is 6.91. The zero-order valence-corrected chi connectivity index (χ0v) is 21.3. The molecule has 37 heavy (non-hydrogen) atoms. The maximum Gasteiger partial charge on any atom is 0.401 e. The van der Waals surface area contributed by atoms with Gasteiger partial charge in [-0.1, -0.05) is 11.6 Å². The van der Waals surface area contributed by atoms with Gasteiger partial charge in [-0.05, 0) is 55.2 Å². The molecule has 0 spiro atoms. The number of halogens is 4. The van der Waals surface area contributed by atoms with Crippen LogP contribution in [0.2, 0.25) is 4.34 Å². The first kappa shape index (κ1) is 27.4. The van der Waals surface area contributed by atoms with Gasteiger partial charge in [0.1, 0.15) is 12.6 Å². The molecule has 4 rings (SSSR count). The first-order chi connectivity index (χ1) is 17.6. The van der Waals surface area contributed by atoms with Gasteiger partial charge in [0.05, 0.1) is 22.4 Å². The predicted molar refractivity (Wildman–Crippen MR) is 134 cm³/mol. The van der Waals surface area contributed by atoms with E-state index >= 15 is 0 Å². The molecule has 0 bridgehead atoms. The van der Waals surface area contributed by atoms with E-state index in [1.165, 1.54) is 6.07 Å². The summed E-state index contributed by atoms with van der Waals surface area (Å²) in [7, 11) is 0. The van der Waals surface area contributed by atoms with Gasteiger partial charge in [0.15, 0.2) is 0 Å². The minimum Gasteiger partial charge on any atom is -0.370 e. The third-order valence-corrected chi connectivity index (χ3v) is 7.23. The molecule has 0 radical (unpaired) electrons. The number of rotatable bonds is 10. The Morgan fingerprint density at radius 1 is 1.19 bits per heavy atom. The summed E-state index contributed by atoms with van der Waals surface area (Å²) in [4.78, 5) is 40.8. The van der Waals surface area contributed by atoms with Gasteiger partial charge >= 0.3 is 6.18 Å². The standard InChI is InChI=1S/C24H26ClF3N4O4S/c25-20-8-7-19(37-20)23(35)29-11-18(31(12-15-1-2-15)14-24(26,27)28)22(34)30-16-3-5-17(6-4-16)32-9-10-36-13-21(32)33/h3-8,15,18H,1-2,9-14H2,(H,29,35)(H,30,34)/t18-/m1/s1. The summed E-state index contributed by atoms with van der Waals surface area (Å²) in [6, 6.07) is 8.24. The Hall–Kier alpha value is -2.67. The summed E-state index contributed by atoms with van der Waals surface area (Å²) in [5.41, 5.74) is 0.978. The largest absolute Gasteiger partial charge is 0.401 e. The summed E-state index contributed by atoms with van der Waals surface area (Å²) < 4.78 is 45.8. The molecular weight excluding hydrogens is 533 g/mol. The molecule has 0 unspecified atom stereocenters. The number of hydrogen-bond donors (Lipinski definition) is 2. The van der Waals surface area contributed by atoms with Gasteiger partial charge in [-0.15, -0.1) is 11.3 Å². The van der Waals surface area contributed by atoms with Crippen LogP contribution in [-0.2, 0) is 14.3 Å². The molecule has 2 aromatic rings. The van der Waals surface area contributed by atoms with Gasteiger partial charge in [-0.25, -0.2) is 0 Å². The SMILES string of the molecule is O=C(NC[C@H](C(=O)Nc1ccc(N2CCOCC2=O)cc1)N(CC1CC1)CC(F)(F)F)c1ccc(Cl)s1.